The first kappa shape index (κ1) is 22.8. The van der Waals surface area contributed by atoms with E-state index in [9.17, 15) is 4.79 Å². The van der Waals surface area contributed by atoms with E-state index in [2.05, 4.69) is 23.3 Å². The fraction of sp³-hybridized carbons (Fsp3) is 0.333. The van der Waals surface area contributed by atoms with Crippen molar-refractivity contribution in [1.29, 1.82) is 0 Å². The van der Waals surface area contributed by atoms with Crippen molar-refractivity contribution in [2.24, 2.45) is 0 Å². The number of pyridine rings is 2. The number of benzene rings is 1. The van der Waals surface area contributed by atoms with Gasteiger partial charge in [0.2, 0.25) is 0 Å². The van der Waals surface area contributed by atoms with Crippen molar-refractivity contribution in [1.82, 2.24) is 24.8 Å². The number of nitrogens with two attached hydrogens (primary N) is 1. The quantitative estimate of drug-likeness (QED) is 0.418. The van der Waals surface area contributed by atoms with Crippen molar-refractivity contribution in [2.75, 3.05) is 5.73 Å². The molecule has 180 valence electrons. The number of rotatable bonds is 5. The summed E-state index contributed by atoms with van der Waals surface area (Å²) >= 11 is 0. The SMILES string of the molecule is CC(C)(C)OC(=O)NCc1ccc(-n2c(-c3cccnc3N)nc3ccc(C4(C)CC4)nc32)cc1. The monoisotopic (exact) mass is 470 g/mol. The normalized spacial score (nSPS) is 14.6. The minimum absolute atomic E-state index is 0.133. The lowest BCUT2D eigenvalue weighted by atomic mass is 10.1. The van der Waals surface area contributed by atoms with E-state index < -0.39 is 11.7 Å². The first-order valence-corrected chi connectivity index (χ1v) is 11.8. The number of imidazole rings is 1. The Balaban J connectivity index is 1.52. The Bertz CT molecular complexity index is 1400. The number of nitrogen functional groups attached to an aromatic ring is 1. The fourth-order valence-corrected chi connectivity index (χ4v) is 4.02. The van der Waals surface area contributed by atoms with Gasteiger partial charge in [-0.1, -0.05) is 19.1 Å². The molecule has 1 aliphatic rings. The number of amides is 1. The van der Waals surface area contributed by atoms with E-state index in [-0.39, 0.29) is 5.41 Å². The molecule has 8 nitrogen and oxygen atoms in total. The molecular formula is C27H30N6O2. The maximum atomic E-state index is 12.0. The smallest absolute Gasteiger partial charge is 0.407 e. The molecule has 3 heterocycles. The predicted octanol–water partition coefficient (Wildman–Crippen LogP) is 5.14. The summed E-state index contributed by atoms with van der Waals surface area (Å²) in [6.45, 7) is 8.13. The van der Waals surface area contributed by atoms with E-state index in [1.54, 1.807) is 6.20 Å². The van der Waals surface area contributed by atoms with Gasteiger partial charge < -0.3 is 15.8 Å². The lowest BCUT2D eigenvalue weighted by Gasteiger charge is -2.19. The van der Waals surface area contributed by atoms with Crippen LogP contribution in [0.3, 0.4) is 0 Å². The number of carbonyl (C=O) groups excluding carboxylic acids is 1. The minimum atomic E-state index is -0.537. The van der Waals surface area contributed by atoms with Crippen LogP contribution in [-0.2, 0) is 16.7 Å². The highest BCUT2D eigenvalue weighted by atomic mass is 16.6. The molecule has 1 aromatic carbocycles. The van der Waals surface area contributed by atoms with Gasteiger partial charge in [-0.3, -0.25) is 4.57 Å². The van der Waals surface area contributed by atoms with Crippen LogP contribution >= 0.6 is 0 Å². The minimum Gasteiger partial charge on any atom is -0.444 e. The average molecular weight is 471 g/mol. The Morgan fingerprint density at radius 1 is 1.11 bits per heavy atom. The Morgan fingerprint density at radius 3 is 2.51 bits per heavy atom. The molecule has 0 spiro atoms. The standard InChI is InChI=1S/C27H30N6O2/c1-26(2,3)35-25(34)30-16-17-7-9-18(10-8-17)33-23(19-6-5-15-29-22(19)28)31-20-11-12-21(32-24(20)33)27(4)13-14-27/h5-12,15H,13-14,16H2,1-4H3,(H2,28,29)(H,30,34). The number of nitrogens with zero attached hydrogens (tertiary/aromatic N) is 4. The summed E-state index contributed by atoms with van der Waals surface area (Å²) in [5.41, 5.74) is 11.1. The molecule has 0 saturated heterocycles. The maximum absolute atomic E-state index is 12.0. The first-order valence-electron chi connectivity index (χ1n) is 11.8. The average Bonchev–Trinajstić information content (AvgIpc) is 3.45. The summed E-state index contributed by atoms with van der Waals surface area (Å²) in [6.07, 6.45) is 3.51. The highest BCUT2D eigenvalue weighted by Gasteiger charge is 2.40. The summed E-state index contributed by atoms with van der Waals surface area (Å²) in [7, 11) is 0. The van der Waals surface area contributed by atoms with Gasteiger partial charge in [0, 0.05) is 29.5 Å². The number of nitrogens with one attached hydrogen (secondary N) is 1. The Morgan fingerprint density at radius 2 is 1.86 bits per heavy atom. The molecule has 0 radical (unpaired) electrons. The number of alkyl carbamates (subject to hydrolysis) is 1. The van der Waals surface area contributed by atoms with Crippen LogP contribution in [0.4, 0.5) is 10.6 Å². The van der Waals surface area contributed by atoms with E-state index in [0.717, 1.165) is 46.5 Å². The molecule has 1 amide bonds. The lowest BCUT2D eigenvalue weighted by Crippen LogP contribution is -2.32. The van der Waals surface area contributed by atoms with Crippen molar-refractivity contribution >= 4 is 23.1 Å². The Kier molecular flexibility index (Phi) is 5.46. The van der Waals surface area contributed by atoms with Gasteiger partial charge in [-0.05, 0) is 75.6 Å². The summed E-state index contributed by atoms with van der Waals surface area (Å²) in [5, 5.41) is 2.80. The van der Waals surface area contributed by atoms with Crippen LogP contribution in [0.2, 0.25) is 0 Å². The number of ether oxygens (including phenoxy) is 1. The number of aromatic nitrogens is 4. The third-order valence-electron chi connectivity index (χ3n) is 6.23. The lowest BCUT2D eigenvalue weighted by molar-refractivity contribution is 0.0523. The zero-order valence-electron chi connectivity index (χ0n) is 20.5. The molecule has 8 heteroatoms. The van der Waals surface area contributed by atoms with E-state index in [1.165, 1.54) is 0 Å². The highest BCUT2D eigenvalue weighted by molar-refractivity contribution is 5.83. The predicted molar refractivity (Wildman–Crippen MR) is 136 cm³/mol. The van der Waals surface area contributed by atoms with Crippen molar-refractivity contribution < 1.29 is 9.53 Å². The van der Waals surface area contributed by atoms with Crippen molar-refractivity contribution in [3.05, 3.63) is 66.0 Å². The molecule has 0 unspecified atom stereocenters. The van der Waals surface area contributed by atoms with Crippen molar-refractivity contribution in [3.63, 3.8) is 0 Å². The maximum Gasteiger partial charge on any atom is 0.407 e. The Hall–Kier alpha value is -3.94. The third-order valence-corrected chi connectivity index (χ3v) is 6.23. The molecule has 1 fully saturated rings. The molecule has 5 rings (SSSR count). The van der Waals surface area contributed by atoms with E-state index in [0.29, 0.717) is 18.2 Å². The summed E-state index contributed by atoms with van der Waals surface area (Å²) < 4.78 is 7.35. The Labute approximate surface area is 204 Å². The van der Waals surface area contributed by atoms with Crippen LogP contribution in [0.25, 0.3) is 28.2 Å². The number of anilines is 1. The molecule has 0 bridgehead atoms. The zero-order chi connectivity index (χ0) is 24.8. The highest BCUT2D eigenvalue weighted by Crippen LogP contribution is 2.47. The van der Waals surface area contributed by atoms with Crippen LogP contribution in [0, 0.1) is 0 Å². The van der Waals surface area contributed by atoms with Gasteiger partial charge in [0.15, 0.2) is 11.5 Å². The molecule has 0 atom stereocenters. The molecule has 35 heavy (non-hydrogen) atoms. The third kappa shape index (κ3) is 4.69. The number of hydrogen-bond acceptors (Lipinski definition) is 6. The van der Waals surface area contributed by atoms with E-state index in [1.807, 2.05) is 67.8 Å². The zero-order valence-corrected chi connectivity index (χ0v) is 20.5. The van der Waals surface area contributed by atoms with Crippen molar-refractivity contribution in [2.45, 2.75) is 58.1 Å². The van der Waals surface area contributed by atoms with Gasteiger partial charge >= 0.3 is 6.09 Å². The number of fused-ring (bicyclic) bond motifs is 1. The largest absolute Gasteiger partial charge is 0.444 e. The summed E-state index contributed by atoms with van der Waals surface area (Å²) in [5.74, 6) is 1.10. The molecule has 4 aromatic rings. The molecule has 3 aromatic heterocycles. The fourth-order valence-electron chi connectivity index (χ4n) is 4.02. The molecule has 0 aliphatic heterocycles. The molecule has 3 N–H and O–H groups in total. The van der Waals surface area contributed by atoms with Crippen LogP contribution in [0.15, 0.2) is 54.7 Å². The van der Waals surface area contributed by atoms with E-state index in [4.69, 9.17) is 20.4 Å². The topological polar surface area (TPSA) is 108 Å². The van der Waals surface area contributed by atoms with Crippen LogP contribution in [0.5, 0.6) is 0 Å². The van der Waals surface area contributed by atoms with Gasteiger partial charge in [0.1, 0.15) is 16.9 Å². The van der Waals surface area contributed by atoms with Crippen LogP contribution in [-0.4, -0.2) is 31.2 Å². The van der Waals surface area contributed by atoms with Crippen LogP contribution in [0.1, 0.15) is 51.8 Å². The molecule has 1 aliphatic carbocycles. The number of hydrogen-bond donors (Lipinski definition) is 2. The first-order chi connectivity index (χ1) is 16.6. The van der Waals surface area contributed by atoms with Gasteiger partial charge in [0.05, 0.1) is 5.56 Å². The summed E-state index contributed by atoms with van der Waals surface area (Å²) in [6, 6.07) is 15.8. The summed E-state index contributed by atoms with van der Waals surface area (Å²) in [4.78, 5) is 26.2. The van der Waals surface area contributed by atoms with E-state index >= 15 is 0 Å². The van der Waals surface area contributed by atoms with Gasteiger partial charge in [-0.15, -0.1) is 0 Å². The second-order valence-electron chi connectivity index (χ2n) is 10.3. The van der Waals surface area contributed by atoms with Gasteiger partial charge in [-0.2, -0.15) is 0 Å². The van der Waals surface area contributed by atoms with Crippen LogP contribution < -0.4 is 11.1 Å². The number of carbonyl (C=O) groups is 1. The van der Waals surface area contributed by atoms with Gasteiger partial charge in [0.25, 0.3) is 0 Å². The molecule has 1 saturated carbocycles. The van der Waals surface area contributed by atoms with Gasteiger partial charge in [-0.25, -0.2) is 19.7 Å². The second kappa shape index (κ2) is 8.37. The second-order valence-corrected chi connectivity index (χ2v) is 10.3. The molecular weight excluding hydrogens is 440 g/mol. The van der Waals surface area contributed by atoms with Crippen molar-refractivity contribution in [3.8, 4) is 17.1 Å².